The van der Waals surface area contributed by atoms with Crippen molar-refractivity contribution in [2.75, 3.05) is 0 Å². The largest absolute Gasteiger partial charge is 0.508 e. The molecule has 0 bridgehead atoms. The molecule has 0 heterocycles. The third-order valence-corrected chi connectivity index (χ3v) is 1.08. The van der Waals surface area contributed by atoms with E-state index in [1.54, 1.807) is 0 Å². The van der Waals surface area contributed by atoms with Crippen molar-refractivity contribution in [3.05, 3.63) is 29.8 Å². The molecule has 0 saturated carbocycles. The van der Waals surface area contributed by atoms with Crippen LogP contribution in [-0.4, -0.2) is 10.2 Å². The van der Waals surface area contributed by atoms with E-state index < -0.39 is 11.6 Å². The summed E-state index contributed by atoms with van der Waals surface area (Å²) in [5.74, 6) is -1.80. The fourth-order valence-corrected chi connectivity index (χ4v) is 0.590. The van der Waals surface area contributed by atoms with Crippen LogP contribution in [0, 0.1) is 6.42 Å². The Labute approximate surface area is 51.9 Å². The van der Waals surface area contributed by atoms with Crippen molar-refractivity contribution in [3.8, 4) is 0 Å². The van der Waals surface area contributed by atoms with Crippen molar-refractivity contribution in [3.63, 3.8) is 0 Å². The lowest BCUT2D eigenvalue weighted by Gasteiger charge is -2.05. The van der Waals surface area contributed by atoms with E-state index in [1.165, 1.54) is 12.5 Å². The minimum Gasteiger partial charge on any atom is -0.508 e. The molecule has 3 heteroatoms. The first-order chi connectivity index (χ1) is 4.22. The molecule has 1 radical (unpaired) electrons. The second kappa shape index (κ2) is 2.09. The van der Waals surface area contributed by atoms with Gasteiger partial charge < -0.3 is 10.2 Å². The highest BCUT2D eigenvalue weighted by atomic mass is 19.1. The van der Waals surface area contributed by atoms with Gasteiger partial charge in [-0.25, -0.2) is 4.39 Å². The fourth-order valence-electron chi connectivity index (χ4n) is 0.590. The average molecular weight is 129 g/mol. The van der Waals surface area contributed by atoms with Gasteiger partial charge in [0.1, 0.15) is 5.76 Å². The highest BCUT2D eigenvalue weighted by Crippen LogP contribution is 2.20. The Bertz CT molecular complexity index is 181. The molecule has 0 spiro atoms. The molecule has 0 aromatic carbocycles. The van der Waals surface area contributed by atoms with Crippen LogP contribution in [0.1, 0.15) is 6.42 Å². The Balaban J connectivity index is 2.88. The topological polar surface area (TPSA) is 40.5 Å². The van der Waals surface area contributed by atoms with Gasteiger partial charge in [0.25, 0.3) is 0 Å². The molecule has 2 N–H and O–H groups in total. The number of allylic oxidation sites excluding steroid dienone is 3. The maximum atomic E-state index is 12.2. The predicted octanol–water partition coefficient (Wildman–Crippen LogP) is 1.78. The highest BCUT2D eigenvalue weighted by Gasteiger charge is 2.13. The van der Waals surface area contributed by atoms with Crippen LogP contribution in [0.15, 0.2) is 23.4 Å². The molecular weight excluding hydrogens is 123 g/mol. The summed E-state index contributed by atoms with van der Waals surface area (Å²) in [7, 11) is 0. The van der Waals surface area contributed by atoms with Crippen molar-refractivity contribution in [1.29, 1.82) is 0 Å². The molecule has 0 amide bonds. The second-order valence-corrected chi connectivity index (χ2v) is 1.73. The lowest BCUT2D eigenvalue weighted by atomic mass is 10.1. The van der Waals surface area contributed by atoms with E-state index in [4.69, 9.17) is 10.2 Å². The van der Waals surface area contributed by atoms with Crippen molar-refractivity contribution < 1.29 is 14.6 Å². The van der Waals surface area contributed by atoms with Crippen molar-refractivity contribution in [1.82, 2.24) is 0 Å². The van der Waals surface area contributed by atoms with E-state index >= 15 is 0 Å². The van der Waals surface area contributed by atoms with Gasteiger partial charge >= 0.3 is 0 Å². The number of aliphatic hydroxyl groups excluding tert-OH is 2. The Kier molecular flexibility index (Phi) is 1.42. The van der Waals surface area contributed by atoms with Gasteiger partial charge in [-0.3, -0.25) is 0 Å². The molecule has 2 nitrogen and oxygen atoms in total. The smallest absolute Gasteiger partial charge is 0.189 e. The monoisotopic (exact) mass is 129 g/mol. The first kappa shape index (κ1) is 6.13. The number of aliphatic hydroxyl groups is 2. The van der Waals surface area contributed by atoms with E-state index in [2.05, 4.69) is 0 Å². The summed E-state index contributed by atoms with van der Waals surface area (Å²) in [5, 5.41) is 17.2. The molecule has 1 aliphatic carbocycles. The Morgan fingerprint density at radius 2 is 2.11 bits per heavy atom. The zero-order valence-corrected chi connectivity index (χ0v) is 4.63. The minimum atomic E-state index is -0.755. The SMILES string of the molecule is OC1=C(O)C(F)=CC[CH]1. The normalized spacial score (nSPS) is 19.9. The van der Waals surface area contributed by atoms with Crippen LogP contribution in [0.4, 0.5) is 4.39 Å². The van der Waals surface area contributed by atoms with Gasteiger partial charge in [0.15, 0.2) is 11.6 Å². The van der Waals surface area contributed by atoms with Gasteiger partial charge in [-0.15, -0.1) is 0 Å². The maximum absolute atomic E-state index is 12.2. The number of rotatable bonds is 0. The van der Waals surface area contributed by atoms with Crippen LogP contribution in [0.5, 0.6) is 0 Å². The molecule has 49 valence electrons. The molecule has 0 aromatic heterocycles. The number of hydrogen-bond donors (Lipinski definition) is 2. The van der Waals surface area contributed by atoms with E-state index in [0.717, 1.165) is 0 Å². The van der Waals surface area contributed by atoms with Crippen LogP contribution >= 0.6 is 0 Å². The average Bonchev–Trinajstić information content (AvgIpc) is 1.83. The highest BCUT2D eigenvalue weighted by molar-refractivity contribution is 5.30. The van der Waals surface area contributed by atoms with Crippen LogP contribution in [0.3, 0.4) is 0 Å². The number of halogens is 1. The van der Waals surface area contributed by atoms with Crippen LogP contribution < -0.4 is 0 Å². The molecule has 0 atom stereocenters. The van der Waals surface area contributed by atoms with Gasteiger partial charge in [-0.1, -0.05) is 0 Å². The van der Waals surface area contributed by atoms with Crippen molar-refractivity contribution >= 4 is 0 Å². The van der Waals surface area contributed by atoms with Gasteiger partial charge in [-0.2, -0.15) is 0 Å². The van der Waals surface area contributed by atoms with Crippen LogP contribution in [0.25, 0.3) is 0 Å². The standard InChI is InChI=1S/C6H6FO2/c7-4-2-1-3-5(8)6(4)9/h2-3,8-9H,1H2. The van der Waals surface area contributed by atoms with Crippen molar-refractivity contribution in [2.24, 2.45) is 0 Å². The summed E-state index contributed by atoms with van der Waals surface area (Å²) in [6.07, 6.45) is 2.86. The fraction of sp³-hybridized carbons (Fsp3) is 0.167. The molecule has 0 unspecified atom stereocenters. The zero-order chi connectivity index (χ0) is 6.85. The first-order valence-corrected chi connectivity index (χ1v) is 2.53. The minimum absolute atomic E-state index is 0.335. The number of hydrogen-bond acceptors (Lipinski definition) is 2. The summed E-state index contributed by atoms with van der Waals surface area (Å²) < 4.78 is 12.2. The Hall–Kier alpha value is -0.990. The second-order valence-electron chi connectivity index (χ2n) is 1.73. The predicted molar refractivity (Wildman–Crippen MR) is 30.4 cm³/mol. The first-order valence-electron chi connectivity index (χ1n) is 2.53. The zero-order valence-electron chi connectivity index (χ0n) is 4.63. The van der Waals surface area contributed by atoms with E-state index in [0.29, 0.717) is 6.42 Å². The third kappa shape index (κ3) is 1.04. The van der Waals surface area contributed by atoms with E-state index in [1.807, 2.05) is 0 Å². The van der Waals surface area contributed by atoms with Gasteiger partial charge in [0.2, 0.25) is 0 Å². The Morgan fingerprint density at radius 3 is 2.56 bits per heavy atom. The van der Waals surface area contributed by atoms with Gasteiger partial charge in [0.05, 0.1) is 0 Å². The third-order valence-electron chi connectivity index (χ3n) is 1.08. The maximum Gasteiger partial charge on any atom is 0.189 e. The van der Waals surface area contributed by atoms with Crippen LogP contribution in [-0.2, 0) is 0 Å². The molecule has 0 aromatic rings. The lowest BCUT2D eigenvalue weighted by molar-refractivity contribution is 0.315. The molecule has 1 rings (SSSR count). The molecule has 0 fully saturated rings. The molecule has 9 heavy (non-hydrogen) atoms. The Morgan fingerprint density at radius 1 is 1.44 bits per heavy atom. The molecule has 1 aliphatic rings. The molecule has 0 aliphatic heterocycles. The summed E-state index contributed by atoms with van der Waals surface area (Å²) >= 11 is 0. The van der Waals surface area contributed by atoms with Crippen molar-refractivity contribution in [2.45, 2.75) is 6.42 Å². The van der Waals surface area contributed by atoms with Gasteiger partial charge in [-0.05, 0) is 12.5 Å². The van der Waals surface area contributed by atoms with Crippen LogP contribution in [0.2, 0.25) is 0 Å². The van der Waals surface area contributed by atoms with Gasteiger partial charge in [0, 0.05) is 6.42 Å². The molecular formula is C6H6FO2. The van der Waals surface area contributed by atoms with E-state index in [9.17, 15) is 4.39 Å². The summed E-state index contributed by atoms with van der Waals surface area (Å²) in [6.45, 7) is 0. The molecule has 0 saturated heterocycles. The summed E-state index contributed by atoms with van der Waals surface area (Å²) in [5.41, 5.74) is 0. The summed E-state index contributed by atoms with van der Waals surface area (Å²) in [6, 6.07) is 0. The van der Waals surface area contributed by atoms with E-state index in [-0.39, 0.29) is 5.76 Å². The quantitative estimate of drug-likeness (QED) is 0.523. The lowest BCUT2D eigenvalue weighted by Crippen LogP contribution is -1.97. The summed E-state index contributed by atoms with van der Waals surface area (Å²) in [4.78, 5) is 0.